The van der Waals surface area contributed by atoms with Crippen molar-refractivity contribution in [1.82, 2.24) is 20.1 Å². The Bertz CT molecular complexity index is 924. The lowest BCUT2D eigenvalue weighted by molar-refractivity contribution is -0.119. The molecular weight excluding hydrogens is 414 g/mol. The van der Waals surface area contributed by atoms with E-state index < -0.39 is 0 Å². The summed E-state index contributed by atoms with van der Waals surface area (Å²) in [6.45, 7) is 5.22. The molecule has 0 bridgehead atoms. The third-order valence-electron chi connectivity index (χ3n) is 6.05. The van der Waals surface area contributed by atoms with Gasteiger partial charge >= 0.3 is 0 Å². The van der Waals surface area contributed by atoms with Crippen LogP contribution in [0, 0.1) is 5.92 Å². The van der Waals surface area contributed by atoms with Gasteiger partial charge in [-0.25, -0.2) is 0 Å². The predicted octanol–water partition coefficient (Wildman–Crippen LogP) is 2.90. The van der Waals surface area contributed by atoms with E-state index in [1.54, 1.807) is 0 Å². The highest BCUT2D eigenvalue weighted by Gasteiger charge is 2.32. The van der Waals surface area contributed by atoms with Crippen molar-refractivity contribution in [2.75, 3.05) is 36.9 Å². The van der Waals surface area contributed by atoms with Gasteiger partial charge in [0.05, 0.1) is 12.3 Å². The van der Waals surface area contributed by atoms with Gasteiger partial charge in [0, 0.05) is 19.1 Å². The summed E-state index contributed by atoms with van der Waals surface area (Å²) in [5.41, 5.74) is 0. The molecule has 2 aromatic rings. The molecule has 3 aliphatic rings. The molecule has 1 atom stereocenters. The minimum absolute atomic E-state index is 0.0360. The van der Waals surface area contributed by atoms with Crippen LogP contribution in [0.15, 0.2) is 29.4 Å². The normalized spacial score (nSPS) is 21.2. The van der Waals surface area contributed by atoms with Crippen LogP contribution in [0.3, 0.4) is 0 Å². The molecule has 1 aromatic carbocycles. The van der Waals surface area contributed by atoms with Crippen LogP contribution in [-0.4, -0.2) is 58.8 Å². The number of benzene rings is 1. The standard InChI is InChI=1S/C22H29N5O3S/c1-15-8-10-26(11-9-15)21-24-25-22(27(21)16-6-7-16)31-14-20(28)23-12-17-13-29-18-4-2-3-5-19(18)30-17/h2-5,15-17H,6-14H2,1H3,(H,23,28)/t17-/m0/s1. The van der Waals surface area contributed by atoms with Gasteiger partial charge in [0.2, 0.25) is 11.9 Å². The smallest absolute Gasteiger partial charge is 0.230 e. The van der Waals surface area contributed by atoms with Gasteiger partial charge in [-0.15, -0.1) is 10.2 Å². The Labute approximate surface area is 186 Å². The van der Waals surface area contributed by atoms with Crippen LogP contribution in [0.5, 0.6) is 11.5 Å². The van der Waals surface area contributed by atoms with Gasteiger partial charge in [-0.1, -0.05) is 30.8 Å². The summed E-state index contributed by atoms with van der Waals surface area (Å²) in [7, 11) is 0. The van der Waals surface area contributed by atoms with E-state index in [1.165, 1.54) is 24.6 Å². The van der Waals surface area contributed by atoms with Crippen molar-refractivity contribution in [3.05, 3.63) is 24.3 Å². The number of carbonyl (C=O) groups excluding carboxylic acids is 1. The van der Waals surface area contributed by atoms with E-state index in [0.717, 1.165) is 54.5 Å². The lowest BCUT2D eigenvalue weighted by atomic mass is 10.00. The molecule has 3 heterocycles. The second-order valence-electron chi connectivity index (χ2n) is 8.64. The van der Waals surface area contributed by atoms with Crippen molar-refractivity contribution in [1.29, 1.82) is 0 Å². The Balaban J connectivity index is 1.14. The summed E-state index contributed by atoms with van der Waals surface area (Å²) >= 11 is 1.46. The van der Waals surface area contributed by atoms with Gasteiger partial charge in [-0.05, 0) is 43.7 Å². The molecule has 31 heavy (non-hydrogen) atoms. The first-order valence-electron chi connectivity index (χ1n) is 11.1. The summed E-state index contributed by atoms with van der Waals surface area (Å²) in [6, 6.07) is 8.07. The molecule has 1 saturated heterocycles. The molecule has 166 valence electrons. The van der Waals surface area contributed by atoms with Crippen LogP contribution in [-0.2, 0) is 4.79 Å². The van der Waals surface area contributed by atoms with E-state index in [1.807, 2.05) is 24.3 Å². The van der Waals surface area contributed by atoms with Crippen molar-refractivity contribution < 1.29 is 14.3 Å². The summed E-state index contributed by atoms with van der Waals surface area (Å²) in [5.74, 6) is 3.50. The van der Waals surface area contributed by atoms with E-state index in [0.29, 0.717) is 24.9 Å². The number of nitrogens with one attached hydrogen (secondary N) is 1. The van der Waals surface area contributed by atoms with E-state index in [2.05, 4.69) is 31.9 Å². The van der Waals surface area contributed by atoms with Crippen LogP contribution in [0.2, 0.25) is 0 Å². The van der Waals surface area contributed by atoms with Crippen molar-refractivity contribution in [3.8, 4) is 11.5 Å². The Hall–Kier alpha value is -2.42. The Morgan fingerprint density at radius 3 is 2.71 bits per heavy atom. The fourth-order valence-electron chi connectivity index (χ4n) is 4.02. The molecule has 1 amide bonds. The van der Waals surface area contributed by atoms with Gasteiger partial charge in [0.25, 0.3) is 0 Å². The topological polar surface area (TPSA) is 81.5 Å². The highest BCUT2D eigenvalue weighted by Crippen LogP contribution is 2.41. The highest BCUT2D eigenvalue weighted by molar-refractivity contribution is 7.99. The third-order valence-corrected chi connectivity index (χ3v) is 6.99. The van der Waals surface area contributed by atoms with E-state index in [-0.39, 0.29) is 12.0 Å². The maximum Gasteiger partial charge on any atom is 0.230 e. The molecule has 1 aliphatic carbocycles. The number of ether oxygens (including phenoxy) is 2. The van der Waals surface area contributed by atoms with Crippen LogP contribution in [0.25, 0.3) is 0 Å². The number of hydrogen-bond acceptors (Lipinski definition) is 7. The predicted molar refractivity (Wildman–Crippen MR) is 119 cm³/mol. The molecular formula is C22H29N5O3S. The SMILES string of the molecule is CC1CCN(c2nnc(SCC(=O)NC[C@H]3COc4ccccc4O3)n2C2CC2)CC1. The quantitative estimate of drug-likeness (QED) is 0.659. The number of thioether (sulfide) groups is 1. The number of rotatable bonds is 7. The molecule has 2 aliphatic heterocycles. The van der Waals surface area contributed by atoms with Crippen molar-refractivity contribution >= 4 is 23.6 Å². The number of para-hydroxylation sites is 2. The second-order valence-corrected chi connectivity index (χ2v) is 9.59. The van der Waals surface area contributed by atoms with E-state index in [9.17, 15) is 4.79 Å². The minimum atomic E-state index is -0.188. The molecule has 2 fully saturated rings. The Kier molecular flexibility index (Phi) is 5.93. The molecule has 0 spiro atoms. The fourth-order valence-corrected chi connectivity index (χ4v) is 4.85. The molecule has 1 aromatic heterocycles. The molecule has 1 saturated carbocycles. The Morgan fingerprint density at radius 1 is 1.16 bits per heavy atom. The number of nitrogens with zero attached hydrogens (tertiary/aromatic N) is 4. The van der Waals surface area contributed by atoms with Crippen molar-refractivity contribution in [3.63, 3.8) is 0 Å². The van der Waals surface area contributed by atoms with E-state index in [4.69, 9.17) is 9.47 Å². The zero-order valence-corrected chi connectivity index (χ0v) is 18.6. The van der Waals surface area contributed by atoms with Crippen LogP contribution < -0.4 is 19.7 Å². The first-order chi connectivity index (χ1) is 15.2. The zero-order chi connectivity index (χ0) is 21.2. The minimum Gasteiger partial charge on any atom is -0.486 e. The average Bonchev–Trinajstić information content (AvgIpc) is 3.55. The van der Waals surface area contributed by atoms with Gasteiger partial charge < -0.3 is 19.7 Å². The first kappa shape index (κ1) is 20.5. The largest absolute Gasteiger partial charge is 0.486 e. The Morgan fingerprint density at radius 2 is 1.94 bits per heavy atom. The number of fused-ring (bicyclic) bond motifs is 1. The maximum absolute atomic E-state index is 12.4. The molecule has 9 heteroatoms. The van der Waals surface area contributed by atoms with Gasteiger partial charge in [-0.3, -0.25) is 9.36 Å². The number of carbonyl (C=O) groups is 1. The summed E-state index contributed by atoms with van der Waals surface area (Å²) in [5, 5.41) is 12.7. The van der Waals surface area contributed by atoms with Crippen LogP contribution >= 0.6 is 11.8 Å². The van der Waals surface area contributed by atoms with Crippen molar-refractivity contribution in [2.24, 2.45) is 5.92 Å². The summed E-state index contributed by atoms with van der Waals surface area (Å²) in [6.07, 6.45) is 4.53. The maximum atomic E-state index is 12.4. The van der Waals surface area contributed by atoms with Crippen molar-refractivity contribution in [2.45, 2.75) is 49.9 Å². The number of hydrogen-bond donors (Lipinski definition) is 1. The zero-order valence-electron chi connectivity index (χ0n) is 17.8. The first-order valence-corrected chi connectivity index (χ1v) is 12.1. The lowest BCUT2D eigenvalue weighted by Crippen LogP contribution is -2.41. The lowest BCUT2D eigenvalue weighted by Gasteiger charge is -2.31. The molecule has 1 N–H and O–H groups in total. The summed E-state index contributed by atoms with van der Waals surface area (Å²) in [4.78, 5) is 14.8. The monoisotopic (exact) mass is 443 g/mol. The number of anilines is 1. The molecule has 8 nitrogen and oxygen atoms in total. The van der Waals surface area contributed by atoms with E-state index >= 15 is 0 Å². The van der Waals surface area contributed by atoms with Crippen LogP contribution in [0.1, 0.15) is 38.6 Å². The highest BCUT2D eigenvalue weighted by atomic mass is 32.2. The van der Waals surface area contributed by atoms with Gasteiger partial charge in [-0.2, -0.15) is 0 Å². The fraction of sp³-hybridized carbons (Fsp3) is 0.591. The molecule has 0 radical (unpaired) electrons. The molecule has 5 rings (SSSR count). The van der Waals surface area contributed by atoms with Gasteiger partial charge in [0.1, 0.15) is 12.7 Å². The summed E-state index contributed by atoms with van der Waals surface area (Å²) < 4.78 is 13.9. The second kappa shape index (κ2) is 8.98. The number of aromatic nitrogens is 3. The molecule has 0 unspecified atom stereocenters. The third kappa shape index (κ3) is 4.76. The average molecular weight is 444 g/mol. The van der Waals surface area contributed by atoms with Gasteiger partial charge in [0.15, 0.2) is 16.7 Å². The number of amides is 1. The van der Waals surface area contributed by atoms with Crippen LogP contribution in [0.4, 0.5) is 5.95 Å². The number of piperidine rings is 1.